The van der Waals surface area contributed by atoms with Crippen LogP contribution in [0.25, 0.3) is 5.69 Å². The Labute approximate surface area is 176 Å². The van der Waals surface area contributed by atoms with Gasteiger partial charge in [0.05, 0.1) is 11.8 Å². The highest BCUT2D eigenvalue weighted by Gasteiger charge is 2.20. The predicted octanol–water partition coefficient (Wildman–Crippen LogP) is 3.69. The van der Waals surface area contributed by atoms with Crippen molar-refractivity contribution in [3.05, 3.63) is 77.9 Å². The minimum atomic E-state index is -0.976. The molecule has 6 nitrogen and oxygen atoms in total. The minimum absolute atomic E-state index is 0.154. The molecule has 1 fully saturated rings. The molecule has 1 atom stereocenters. The molecule has 0 spiro atoms. The summed E-state index contributed by atoms with van der Waals surface area (Å²) in [6.07, 6.45) is 4.51. The van der Waals surface area contributed by atoms with Crippen molar-refractivity contribution in [2.45, 2.75) is 23.8 Å². The number of nitrogens with one attached hydrogen (secondary N) is 1. The number of rotatable bonds is 6. The molecule has 30 heavy (non-hydrogen) atoms. The zero-order chi connectivity index (χ0) is 20.9. The van der Waals surface area contributed by atoms with Gasteiger partial charge in [-0.3, -0.25) is 9.00 Å². The molecule has 1 N–H and O–H groups in total. The van der Waals surface area contributed by atoms with Gasteiger partial charge in [0.1, 0.15) is 11.5 Å². The Morgan fingerprint density at radius 1 is 1.20 bits per heavy atom. The van der Waals surface area contributed by atoms with Gasteiger partial charge >= 0.3 is 0 Å². The number of anilines is 1. The monoisotopic (exact) mass is 427 g/mol. The summed E-state index contributed by atoms with van der Waals surface area (Å²) in [6.45, 7) is 1.32. The lowest BCUT2D eigenvalue weighted by Crippen LogP contribution is -2.25. The molecule has 1 aliphatic heterocycles. The van der Waals surface area contributed by atoms with Crippen molar-refractivity contribution < 1.29 is 18.1 Å². The smallest absolute Gasteiger partial charge is 0.258 e. The number of ether oxygens (including phenoxy) is 1. The molecule has 0 radical (unpaired) electrons. The van der Waals surface area contributed by atoms with Gasteiger partial charge in [0.2, 0.25) is 0 Å². The molecule has 1 unspecified atom stereocenters. The van der Waals surface area contributed by atoms with Crippen molar-refractivity contribution in [3.8, 4) is 5.69 Å². The van der Waals surface area contributed by atoms with E-state index in [0.717, 1.165) is 18.4 Å². The molecule has 2 aromatic carbocycles. The Kier molecular flexibility index (Phi) is 6.35. The summed E-state index contributed by atoms with van der Waals surface area (Å²) in [5, 5.41) is 7.06. The molecule has 4 rings (SSSR count). The van der Waals surface area contributed by atoms with Crippen LogP contribution in [-0.4, -0.2) is 38.4 Å². The van der Waals surface area contributed by atoms with E-state index in [1.807, 2.05) is 18.2 Å². The molecule has 8 heteroatoms. The fourth-order valence-corrected chi connectivity index (χ4v) is 4.83. The number of amides is 1. The number of halogens is 1. The van der Waals surface area contributed by atoms with E-state index in [1.165, 1.54) is 23.1 Å². The number of nitrogens with zero attached hydrogens (tertiary/aromatic N) is 2. The van der Waals surface area contributed by atoms with Gasteiger partial charge < -0.3 is 10.1 Å². The summed E-state index contributed by atoms with van der Waals surface area (Å²) in [7, 11) is -0.976. The van der Waals surface area contributed by atoms with E-state index >= 15 is 0 Å². The molecule has 1 saturated heterocycles. The van der Waals surface area contributed by atoms with Crippen LogP contribution in [0.2, 0.25) is 0 Å². The Hall–Kier alpha value is -2.84. The highest BCUT2D eigenvalue weighted by Crippen LogP contribution is 2.19. The average molecular weight is 428 g/mol. The summed E-state index contributed by atoms with van der Waals surface area (Å²) >= 11 is 0. The van der Waals surface area contributed by atoms with Crippen LogP contribution >= 0.6 is 0 Å². The first-order valence-corrected chi connectivity index (χ1v) is 11.1. The van der Waals surface area contributed by atoms with Crippen LogP contribution in [0.3, 0.4) is 0 Å². The van der Waals surface area contributed by atoms with Gasteiger partial charge in [-0.05, 0) is 42.7 Å². The third-order valence-electron chi connectivity index (χ3n) is 4.98. The fourth-order valence-electron chi connectivity index (χ4n) is 3.37. The van der Waals surface area contributed by atoms with Crippen LogP contribution in [0.4, 0.5) is 10.1 Å². The Morgan fingerprint density at radius 3 is 2.80 bits per heavy atom. The first-order valence-electron chi connectivity index (χ1n) is 9.75. The highest BCUT2D eigenvalue weighted by molar-refractivity contribution is 7.84. The molecule has 1 aromatic heterocycles. The Bertz CT molecular complexity index is 1060. The van der Waals surface area contributed by atoms with Crippen LogP contribution < -0.4 is 5.32 Å². The third kappa shape index (κ3) is 4.83. The first kappa shape index (κ1) is 20.4. The van der Waals surface area contributed by atoms with Crippen molar-refractivity contribution in [2.24, 2.45) is 0 Å². The van der Waals surface area contributed by atoms with E-state index in [9.17, 15) is 13.4 Å². The predicted molar refractivity (Wildman–Crippen MR) is 114 cm³/mol. The molecule has 0 aliphatic carbocycles. The van der Waals surface area contributed by atoms with Crippen LogP contribution in [0.15, 0.2) is 60.9 Å². The van der Waals surface area contributed by atoms with Crippen LogP contribution in [-0.2, 0) is 21.3 Å². The van der Waals surface area contributed by atoms with E-state index in [-0.39, 0.29) is 16.8 Å². The SMILES string of the molecule is O=C(Nc1cccc(CS(=O)C2CCOCC2)c1)c1cnn(-c2ccccc2F)c1. The molecule has 0 bridgehead atoms. The van der Waals surface area contributed by atoms with E-state index < -0.39 is 16.6 Å². The number of hydrogen-bond acceptors (Lipinski definition) is 4. The van der Waals surface area contributed by atoms with Crippen LogP contribution in [0.1, 0.15) is 28.8 Å². The van der Waals surface area contributed by atoms with Gasteiger partial charge in [0.15, 0.2) is 0 Å². The maximum atomic E-state index is 13.9. The summed E-state index contributed by atoms with van der Waals surface area (Å²) < 4.78 is 33.2. The number of para-hydroxylation sites is 1. The molecule has 3 aromatic rings. The topological polar surface area (TPSA) is 73.2 Å². The standard InChI is InChI=1S/C22H22FN3O3S/c23-20-6-1-2-7-21(20)26-14-17(13-24-26)22(27)25-18-5-3-4-16(12-18)15-30(28)19-8-10-29-11-9-19/h1-7,12-14,19H,8-11,15H2,(H,25,27). The van der Waals surface area contributed by atoms with Gasteiger partial charge in [-0.25, -0.2) is 9.07 Å². The van der Waals surface area contributed by atoms with Crippen molar-refractivity contribution >= 4 is 22.4 Å². The summed E-state index contributed by atoms with van der Waals surface area (Å²) in [6, 6.07) is 13.6. The number of carbonyl (C=O) groups is 1. The fraction of sp³-hybridized carbons (Fsp3) is 0.273. The largest absolute Gasteiger partial charge is 0.381 e. The molecular weight excluding hydrogens is 405 g/mol. The average Bonchev–Trinajstić information content (AvgIpc) is 3.25. The summed E-state index contributed by atoms with van der Waals surface area (Å²) in [5.74, 6) is -0.322. The lowest BCUT2D eigenvalue weighted by atomic mass is 10.2. The number of carbonyl (C=O) groups excluding carboxylic acids is 1. The Morgan fingerprint density at radius 2 is 2.00 bits per heavy atom. The van der Waals surface area contributed by atoms with E-state index in [1.54, 1.807) is 24.3 Å². The number of benzene rings is 2. The van der Waals surface area contributed by atoms with Crippen molar-refractivity contribution in [1.29, 1.82) is 0 Å². The highest BCUT2D eigenvalue weighted by atomic mass is 32.2. The summed E-state index contributed by atoms with van der Waals surface area (Å²) in [5.41, 5.74) is 2.10. The molecule has 1 aliphatic rings. The molecule has 0 saturated carbocycles. The van der Waals surface area contributed by atoms with Crippen molar-refractivity contribution in [1.82, 2.24) is 9.78 Å². The van der Waals surface area contributed by atoms with Gasteiger partial charge in [-0.15, -0.1) is 0 Å². The van der Waals surface area contributed by atoms with Gasteiger partial charge in [0.25, 0.3) is 5.91 Å². The van der Waals surface area contributed by atoms with Crippen molar-refractivity contribution in [3.63, 3.8) is 0 Å². The van der Waals surface area contributed by atoms with E-state index in [2.05, 4.69) is 10.4 Å². The first-order chi connectivity index (χ1) is 14.6. The van der Waals surface area contributed by atoms with E-state index in [0.29, 0.717) is 30.2 Å². The van der Waals surface area contributed by atoms with Gasteiger partial charge in [0, 0.05) is 46.9 Å². The van der Waals surface area contributed by atoms with Crippen molar-refractivity contribution in [2.75, 3.05) is 18.5 Å². The zero-order valence-corrected chi connectivity index (χ0v) is 17.1. The summed E-state index contributed by atoms with van der Waals surface area (Å²) in [4.78, 5) is 12.6. The normalized spacial score (nSPS) is 15.6. The lowest BCUT2D eigenvalue weighted by molar-refractivity contribution is 0.0991. The number of hydrogen-bond donors (Lipinski definition) is 1. The Balaban J connectivity index is 1.42. The molecular formula is C22H22FN3O3S. The minimum Gasteiger partial charge on any atom is -0.381 e. The second-order valence-corrected chi connectivity index (χ2v) is 8.83. The maximum Gasteiger partial charge on any atom is 0.258 e. The van der Waals surface area contributed by atoms with Crippen LogP contribution in [0, 0.1) is 5.82 Å². The molecule has 1 amide bonds. The number of aromatic nitrogens is 2. The molecule has 2 heterocycles. The molecule has 156 valence electrons. The second kappa shape index (κ2) is 9.32. The quantitative estimate of drug-likeness (QED) is 0.651. The zero-order valence-electron chi connectivity index (χ0n) is 16.3. The van der Waals surface area contributed by atoms with Gasteiger partial charge in [-0.1, -0.05) is 24.3 Å². The second-order valence-electron chi connectivity index (χ2n) is 7.12. The van der Waals surface area contributed by atoms with Gasteiger partial charge in [-0.2, -0.15) is 5.10 Å². The third-order valence-corrected chi connectivity index (χ3v) is 6.81. The van der Waals surface area contributed by atoms with Crippen LogP contribution in [0.5, 0.6) is 0 Å². The lowest BCUT2D eigenvalue weighted by Gasteiger charge is -2.21. The van der Waals surface area contributed by atoms with E-state index in [4.69, 9.17) is 4.74 Å². The maximum absolute atomic E-state index is 13.9.